The van der Waals surface area contributed by atoms with Crippen LogP contribution in [-0.2, 0) is 6.54 Å². The molecule has 0 spiro atoms. The van der Waals surface area contributed by atoms with Crippen molar-refractivity contribution in [3.8, 4) is 11.5 Å². The minimum atomic E-state index is 0.0389. The second-order valence-electron chi connectivity index (χ2n) is 5.89. The van der Waals surface area contributed by atoms with Gasteiger partial charge >= 0.3 is 0 Å². The van der Waals surface area contributed by atoms with Crippen LogP contribution in [0, 0.1) is 0 Å². The van der Waals surface area contributed by atoms with E-state index in [0.29, 0.717) is 17.3 Å². The van der Waals surface area contributed by atoms with Crippen LogP contribution in [0.1, 0.15) is 26.3 Å². The van der Waals surface area contributed by atoms with Crippen molar-refractivity contribution in [1.82, 2.24) is 5.32 Å². The number of rotatable bonds is 4. The zero-order valence-electron chi connectivity index (χ0n) is 12.4. The fraction of sp³-hybridized carbons (Fsp3) is 0.294. The Morgan fingerprint density at radius 3 is 2.38 bits per heavy atom. The summed E-state index contributed by atoms with van der Waals surface area (Å²) >= 11 is 9.71. The summed E-state index contributed by atoms with van der Waals surface area (Å²) in [5.74, 6) is 1.47. The first-order valence-corrected chi connectivity index (χ1v) is 7.98. The molecule has 2 nitrogen and oxygen atoms in total. The van der Waals surface area contributed by atoms with Crippen LogP contribution in [0.4, 0.5) is 0 Å². The third kappa shape index (κ3) is 5.03. The van der Waals surface area contributed by atoms with Crippen molar-refractivity contribution in [1.29, 1.82) is 0 Å². The third-order valence-electron chi connectivity index (χ3n) is 2.89. The lowest BCUT2D eigenvalue weighted by Gasteiger charge is -2.22. The number of para-hydroxylation sites is 1. The number of hydrogen-bond acceptors (Lipinski definition) is 2. The van der Waals surface area contributed by atoms with E-state index in [-0.39, 0.29) is 5.54 Å². The first-order valence-electron chi connectivity index (χ1n) is 6.81. The van der Waals surface area contributed by atoms with E-state index < -0.39 is 0 Å². The molecule has 0 fully saturated rings. The van der Waals surface area contributed by atoms with Gasteiger partial charge in [-0.2, -0.15) is 0 Å². The highest BCUT2D eigenvalue weighted by molar-refractivity contribution is 9.10. The molecule has 0 amide bonds. The van der Waals surface area contributed by atoms with Gasteiger partial charge in [-0.05, 0) is 51.1 Å². The highest BCUT2D eigenvalue weighted by Crippen LogP contribution is 2.33. The Labute approximate surface area is 139 Å². The fourth-order valence-corrected chi connectivity index (χ4v) is 2.28. The summed E-state index contributed by atoms with van der Waals surface area (Å²) in [6, 6.07) is 13.5. The quantitative estimate of drug-likeness (QED) is 0.738. The van der Waals surface area contributed by atoms with Crippen LogP contribution in [0.5, 0.6) is 11.5 Å². The number of nitrogens with one attached hydrogen (secondary N) is 1. The second kappa shape index (κ2) is 6.82. The molecule has 0 saturated heterocycles. The van der Waals surface area contributed by atoms with Crippen molar-refractivity contribution in [2.45, 2.75) is 32.9 Å². The summed E-state index contributed by atoms with van der Waals surface area (Å²) in [7, 11) is 0. The van der Waals surface area contributed by atoms with E-state index in [1.54, 1.807) is 0 Å². The van der Waals surface area contributed by atoms with Gasteiger partial charge in [-0.15, -0.1) is 0 Å². The van der Waals surface area contributed by atoms with E-state index in [1.165, 1.54) is 0 Å². The Morgan fingerprint density at radius 2 is 1.76 bits per heavy atom. The zero-order chi connectivity index (χ0) is 15.5. The average Bonchev–Trinajstić information content (AvgIpc) is 2.41. The smallest absolute Gasteiger partial charge is 0.150 e. The molecule has 1 N–H and O–H groups in total. The molecule has 0 aliphatic carbocycles. The number of benzene rings is 2. The van der Waals surface area contributed by atoms with Crippen molar-refractivity contribution in [3.63, 3.8) is 0 Å². The van der Waals surface area contributed by atoms with Crippen LogP contribution in [0.25, 0.3) is 0 Å². The maximum absolute atomic E-state index is 6.30. The molecule has 0 saturated carbocycles. The molecule has 0 aromatic heterocycles. The molecule has 112 valence electrons. The summed E-state index contributed by atoms with van der Waals surface area (Å²) < 4.78 is 6.98. The van der Waals surface area contributed by atoms with Gasteiger partial charge in [0.1, 0.15) is 11.5 Å². The summed E-state index contributed by atoms with van der Waals surface area (Å²) in [4.78, 5) is 0. The predicted octanol–water partition coefficient (Wildman–Crippen LogP) is 5.78. The molecule has 0 unspecified atom stereocenters. The van der Waals surface area contributed by atoms with Gasteiger partial charge in [-0.1, -0.05) is 39.7 Å². The van der Waals surface area contributed by atoms with E-state index >= 15 is 0 Å². The predicted molar refractivity (Wildman–Crippen MR) is 92.3 cm³/mol. The van der Waals surface area contributed by atoms with Gasteiger partial charge in [0.05, 0.1) is 5.02 Å². The molecule has 0 radical (unpaired) electrons. The molecule has 2 rings (SSSR count). The topological polar surface area (TPSA) is 21.3 Å². The van der Waals surface area contributed by atoms with Gasteiger partial charge in [0.25, 0.3) is 0 Å². The third-order valence-corrected chi connectivity index (χ3v) is 3.72. The van der Waals surface area contributed by atoms with Crippen molar-refractivity contribution in [3.05, 3.63) is 57.5 Å². The Kier molecular flexibility index (Phi) is 5.31. The molecule has 0 aliphatic rings. The molecule has 0 heterocycles. The molecule has 2 aromatic carbocycles. The largest absolute Gasteiger partial charge is 0.455 e. The molecular weight excluding hydrogens is 350 g/mol. The first kappa shape index (κ1) is 16.3. The second-order valence-corrected chi connectivity index (χ2v) is 7.21. The molecule has 0 bridgehead atoms. The maximum atomic E-state index is 6.30. The van der Waals surface area contributed by atoms with E-state index in [2.05, 4.69) is 42.0 Å². The first-order chi connectivity index (χ1) is 9.85. The highest BCUT2D eigenvalue weighted by atomic mass is 79.9. The van der Waals surface area contributed by atoms with Gasteiger partial charge < -0.3 is 10.1 Å². The van der Waals surface area contributed by atoms with E-state index in [9.17, 15) is 0 Å². The summed E-state index contributed by atoms with van der Waals surface area (Å²) in [5.41, 5.74) is 1.08. The number of hydrogen-bond donors (Lipinski definition) is 1. The van der Waals surface area contributed by atoms with Gasteiger partial charge in [-0.25, -0.2) is 0 Å². The minimum Gasteiger partial charge on any atom is -0.455 e. The summed E-state index contributed by atoms with van der Waals surface area (Å²) in [6.45, 7) is 7.10. The lowest BCUT2D eigenvalue weighted by Crippen LogP contribution is -2.35. The molecule has 4 heteroatoms. The van der Waals surface area contributed by atoms with Crippen LogP contribution in [-0.4, -0.2) is 5.54 Å². The number of halogens is 2. The standard InChI is InChI=1S/C17H19BrClNO/c1-17(2,3)20-11-12-5-4-6-15(19)16(12)21-14-9-7-13(18)8-10-14/h4-10,20H,11H2,1-3H3. The SMILES string of the molecule is CC(C)(C)NCc1cccc(Cl)c1Oc1ccc(Br)cc1. The van der Waals surface area contributed by atoms with E-state index in [4.69, 9.17) is 16.3 Å². The minimum absolute atomic E-state index is 0.0389. The molecule has 21 heavy (non-hydrogen) atoms. The molecule has 0 aliphatic heterocycles. The van der Waals surface area contributed by atoms with Crippen molar-refractivity contribution in [2.75, 3.05) is 0 Å². The Balaban J connectivity index is 2.23. The Bertz CT molecular complexity index is 605. The molecular formula is C17H19BrClNO. The lowest BCUT2D eigenvalue weighted by molar-refractivity contribution is 0.414. The van der Waals surface area contributed by atoms with Gasteiger partial charge in [0.15, 0.2) is 0 Å². The normalized spacial score (nSPS) is 11.5. The Morgan fingerprint density at radius 1 is 1.10 bits per heavy atom. The van der Waals surface area contributed by atoms with E-state index in [1.807, 2.05) is 42.5 Å². The number of ether oxygens (including phenoxy) is 1. The molecule has 0 atom stereocenters. The van der Waals surface area contributed by atoms with Crippen LogP contribution in [0.15, 0.2) is 46.9 Å². The van der Waals surface area contributed by atoms with Crippen molar-refractivity contribution < 1.29 is 4.74 Å². The summed E-state index contributed by atoms with van der Waals surface area (Å²) in [6.07, 6.45) is 0. The Hall–Kier alpha value is -1.03. The zero-order valence-corrected chi connectivity index (χ0v) is 14.8. The van der Waals surface area contributed by atoms with Crippen molar-refractivity contribution in [2.24, 2.45) is 0 Å². The maximum Gasteiger partial charge on any atom is 0.150 e. The van der Waals surface area contributed by atoms with Crippen LogP contribution in [0.2, 0.25) is 5.02 Å². The fourth-order valence-electron chi connectivity index (χ4n) is 1.79. The van der Waals surface area contributed by atoms with E-state index in [0.717, 1.165) is 15.8 Å². The highest BCUT2D eigenvalue weighted by Gasteiger charge is 2.13. The van der Waals surface area contributed by atoms with Crippen LogP contribution < -0.4 is 10.1 Å². The van der Waals surface area contributed by atoms with Crippen LogP contribution >= 0.6 is 27.5 Å². The van der Waals surface area contributed by atoms with Crippen molar-refractivity contribution >= 4 is 27.5 Å². The monoisotopic (exact) mass is 367 g/mol. The van der Waals surface area contributed by atoms with Gasteiger partial charge in [0, 0.05) is 22.1 Å². The average molecular weight is 369 g/mol. The molecule has 2 aromatic rings. The van der Waals surface area contributed by atoms with Crippen LogP contribution in [0.3, 0.4) is 0 Å². The lowest BCUT2D eigenvalue weighted by atomic mass is 10.1. The van der Waals surface area contributed by atoms with Gasteiger partial charge in [0.2, 0.25) is 0 Å². The summed E-state index contributed by atoms with van der Waals surface area (Å²) in [5, 5.41) is 4.07. The van der Waals surface area contributed by atoms with Gasteiger partial charge in [-0.3, -0.25) is 0 Å².